The van der Waals surface area contributed by atoms with Crippen molar-refractivity contribution >= 4 is 10.9 Å². The smallest absolute Gasteiger partial charge is 0.259 e. The summed E-state index contributed by atoms with van der Waals surface area (Å²) >= 11 is 0. The van der Waals surface area contributed by atoms with Gasteiger partial charge in [0.2, 0.25) is 0 Å². The molecule has 0 saturated carbocycles. The van der Waals surface area contributed by atoms with E-state index in [1.807, 2.05) is 66.7 Å². The molecule has 0 aliphatic heterocycles. The number of hydrogen-bond acceptors (Lipinski definition) is 3. The van der Waals surface area contributed by atoms with Crippen LogP contribution in [0.25, 0.3) is 33.4 Å². The van der Waals surface area contributed by atoms with Crippen molar-refractivity contribution in [2.24, 2.45) is 0 Å². The van der Waals surface area contributed by atoms with Gasteiger partial charge in [0.1, 0.15) is 11.6 Å². The minimum atomic E-state index is -0.141. The maximum absolute atomic E-state index is 12.3. The fraction of sp³-hybridized carbons (Fsp3) is 0.0476. The number of ether oxygens (including phenoxy) is 1. The van der Waals surface area contributed by atoms with Gasteiger partial charge in [-0.2, -0.15) is 0 Å². The Morgan fingerprint density at radius 2 is 1.64 bits per heavy atom. The highest BCUT2D eigenvalue weighted by atomic mass is 16.5. The van der Waals surface area contributed by atoms with E-state index in [-0.39, 0.29) is 5.56 Å². The summed E-state index contributed by atoms with van der Waals surface area (Å²) in [6.45, 7) is 0. The molecule has 0 fully saturated rings. The third-order valence-corrected chi connectivity index (χ3v) is 4.17. The molecule has 0 aliphatic rings. The van der Waals surface area contributed by atoms with Crippen molar-refractivity contribution in [1.82, 2.24) is 9.97 Å². The second kappa shape index (κ2) is 6.24. The first-order chi connectivity index (χ1) is 12.3. The summed E-state index contributed by atoms with van der Waals surface area (Å²) in [4.78, 5) is 19.8. The lowest BCUT2D eigenvalue weighted by atomic mass is 10.0. The molecule has 25 heavy (non-hydrogen) atoms. The maximum atomic E-state index is 12.3. The molecule has 0 saturated heterocycles. The van der Waals surface area contributed by atoms with Crippen LogP contribution in [-0.2, 0) is 0 Å². The maximum Gasteiger partial charge on any atom is 0.259 e. The number of para-hydroxylation sites is 1. The molecule has 1 aromatic heterocycles. The molecule has 4 nitrogen and oxygen atoms in total. The first-order valence-corrected chi connectivity index (χ1v) is 7.99. The van der Waals surface area contributed by atoms with Gasteiger partial charge in [-0.15, -0.1) is 0 Å². The average Bonchev–Trinajstić information content (AvgIpc) is 2.68. The number of hydrogen-bond donors (Lipinski definition) is 1. The summed E-state index contributed by atoms with van der Waals surface area (Å²) in [6.07, 6.45) is 0. The van der Waals surface area contributed by atoms with E-state index in [1.54, 1.807) is 13.2 Å². The van der Waals surface area contributed by atoms with E-state index in [4.69, 9.17) is 4.74 Å². The molecule has 4 aromatic rings. The number of nitrogens with one attached hydrogen (secondary N) is 1. The molecular weight excluding hydrogens is 312 g/mol. The van der Waals surface area contributed by atoms with E-state index in [0.29, 0.717) is 16.7 Å². The number of H-pyrrole nitrogens is 1. The Morgan fingerprint density at radius 1 is 0.880 bits per heavy atom. The summed E-state index contributed by atoms with van der Waals surface area (Å²) in [7, 11) is 1.65. The van der Waals surface area contributed by atoms with Gasteiger partial charge in [-0.05, 0) is 35.9 Å². The van der Waals surface area contributed by atoms with Gasteiger partial charge >= 0.3 is 0 Å². The number of nitrogens with zero attached hydrogens (tertiary/aromatic N) is 1. The molecule has 0 spiro atoms. The molecule has 0 bridgehead atoms. The molecule has 1 heterocycles. The third kappa shape index (κ3) is 2.78. The number of rotatable bonds is 3. The van der Waals surface area contributed by atoms with E-state index < -0.39 is 0 Å². The summed E-state index contributed by atoms with van der Waals surface area (Å²) in [5.41, 5.74) is 3.37. The molecule has 0 amide bonds. The number of methoxy groups -OCH3 is 1. The summed E-state index contributed by atoms with van der Waals surface area (Å²) in [5.74, 6) is 1.32. The fourth-order valence-corrected chi connectivity index (χ4v) is 2.92. The van der Waals surface area contributed by atoms with E-state index in [0.717, 1.165) is 22.4 Å². The van der Waals surface area contributed by atoms with Gasteiger partial charge < -0.3 is 9.72 Å². The predicted molar refractivity (Wildman–Crippen MR) is 99.8 cm³/mol. The highest BCUT2D eigenvalue weighted by Crippen LogP contribution is 2.33. The molecule has 4 rings (SSSR count). The molecule has 0 unspecified atom stereocenters. The fourth-order valence-electron chi connectivity index (χ4n) is 2.92. The zero-order chi connectivity index (χ0) is 17.2. The van der Waals surface area contributed by atoms with Crippen molar-refractivity contribution in [2.75, 3.05) is 7.11 Å². The number of aromatic nitrogens is 2. The van der Waals surface area contributed by atoms with Crippen LogP contribution in [0, 0.1) is 0 Å². The van der Waals surface area contributed by atoms with Crippen LogP contribution in [0.1, 0.15) is 0 Å². The minimum Gasteiger partial charge on any atom is -0.496 e. The van der Waals surface area contributed by atoms with Crippen molar-refractivity contribution in [3.8, 4) is 28.3 Å². The SMILES string of the molecule is COc1ccc(-c2nc3ccccc3c(=O)[nH]2)cc1-c1ccccc1. The van der Waals surface area contributed by atoms with Crippen LogP contribution in [0.15, 0.2) is 77.6 Å². The van der Waals surface area contributed by atoms with Gasteiger partial charge in [0.05, 0.1) is 18.0 Å². The topological polar surface area (TPSA) is 55.0 Å². The van der Waals surface area contributed by atoms with E-state index in [1.165, 1.54) is 0 Å². The number of benzene rings is 3. The lowest BCUT2D eigenvalue weighted by molar-refractivity contribution is 0.416. The van der Waals surface area contributed by atoms with Crippen LogP contribution in [-0.4, -0.2) is 17.1 Å². The number of aromatic amines is 1. The molecule has 0 atom stereocenters. The van der Waals surface area contributed by atoms with Crippen LogP contribution in [0.5, 0.6) is 5.75 Å². The lowest BCUT2D eigenvalue weighted by Crippen LogP contribution is -2.09. The number of fused-ring (bicyclic) bond motifs is 1. The Balaban J connectivity index is 1.91. The highest BCUT2D eigenvalue weighted by molar-refractivity contribution is 5.81. The first-order valence-electron chi connectivity index (χ1n) is 7.99. The Hall–Kier alpha value is -3.40. The van der Waals surface area contributed by atoms with Gasteiger partial charge in [0, 0.05) is 11.1 Å². The largest absolute Gasteiger partial charge is 0.496 e. The van der Waals surface area contributed by atoms with Gasteiger partial charge in [0.15, 0.2) is 0 Å². The quantitative estimate of drug-likeness (QED) is 0.611. The molecule has 0 radical (unpaired) electrons. The van der Waals surface area contributed by atoms with Crippen LogP contribution in [0.2, 0.25) is 0 Å². The normalized spacial score (nSPS) is 10.8. The molecule has 0 aliphatic carbocycles. The summed E-state index contributed by atoms with van der Waals surface area (Å²) in [6, 6.07) is 23.1. The molecule has 3 aromatic carbocycles. The van der Waals surface area contributed by atoms with Crippen molar-refractivity contribution in [2.45, 2.75) is 0 Å². The van der Waals surface area contributed by atoms with Crippen LogP contribution >= 0.6 is 0 Å². The van der Waals surface area contributed by atoms with Crippen molar-refractivity contribution in [3.05, 3.63) is 83.2 Å². The Labute approximate surface area is 144 Å². The summed E-state index contributed by atoms with van der Waals surface area (Å²) in [5, 5.41) is 0.586. The third-order valence-electron chi connectivity index (χ3n) is 4.17. The zero-order valence-electron chi connectivity index (χ0n) is 13.7. The van der Waals surface area contributed by atoms with E-state index >= 15 is 0 Å². The second-order valence-corrected chi connectivity index (χ2v) is 5.71. The predicted octanol–water partition coefficient (Wildman–Crippen LogP) is 4.27. The van der Waals surface area contributed by atoms with Crippen LogP contribution in [0.4, 0.5) is 0 Å². The molecule has 4 heteroatoms. The van der Waals surface area contributed by atoms with Crippen molar-refractivity contribution < 1.29 is 4.74 Å². The Morgan fingerprint density at radius 3 is 2.44 bits per heavy atom. The Kier molecular flexibility index (Phi) is 3.78. The Bertz CT molecular complexity index is 1100. The lowest BCUT2D eigenvalue weighted by Gasteiger charge is -2.11. The first kappa shape index (κ1) is 15.1. The second-order valence-electron chi connectivity index (χ2n) is 5.71. The van der Waals surface area contributed by atoms with Crippen molar-refractivity contribution in [3.63, 3.8) is 0 Å². The standard InChI is InChI=1S/C21H16N2O2/c1-25-19-12-11-15(13-17(19)14-7-3-2-4-8-14)20-22-18-10-6-5-9-16(18)21(24)23-20/h2-13H,1H3,(H,22,23,24). The monoisotopic (exact) mass is 328 g/mol. The molecule has 1 N–H and O–H groups in total. The molecule has 122 valence electrons. The zero-order valence-corrected chi connectivity index (χ0v) is 13.7. The van der Waals surface area contributed by atoms with Gasteiger partial charge in [-0.25, -0.2) is 4.98 Å². The van der Waals surface area contributed by atoms with E-state index in [9.17, 15) is 4.79 Å². The van der Waals surface area contributed by atoms with Crippen molar-refractivity contribution in [1.29, 1.82) is 0 Å². The minimum absolute atomic E-state index is 0.141. The van der Waals surface area contributed by atoms with Gasteiger partial charge in [-0.3, -0.25) is 4.79 Å². The van der Waals surface area contributed by atoms with Gasteiger partial charge in [-0.1, -0.05) is 42.5 Å². The highest BCUT2D eigenvalue weighted by Gasteiger charge is 2.11. The summed E-state index contributed by atoms with van der Waals surface area (Å²) < 4.78 is 5.49. The molecular formula is C21H16N2O2. The van der Waals surface area contributed by atoms with Crippen LogP contribution < -0.4 is 10.3 Å². The van der Waals surface area contributed by atoms with E-state index in [2.05, 4.69) is 9.97 Å². The van der Waals surface area contributed by atoms with Gasteiger partial charge in [0.25, 0.3) is 5.56 Å². The average molecular weight is 328 g/mol. The van der Waals surface area contributed by atoms with Crippen LogP contribution in [0.3, 0.4) is 0 Å².